The number of ether oxygens (including phenoxy) is 1. The van der Waals surface area contributed by atoms with Crippen LogP contribution in [0.25, 0.3) is 0 Å². The molecule has 0 radical (unpaired) electrons. The second-order valence-electron chi connectivity index (χ2n) is 11.4. The van der Waals surface area contributed by atoms with Crippen LogP contribution in [0.15, 0.2) is 44.2 Å². The van der Waals surface area contributed by atoms with Gasteiger partial charge in [0.2, 0.25) is 15.9 Å². The van der Waals surface area contributed by atoms with Crippen LogP contribution in [-0.4, -0.2) is 60.4 Å². The van der Waals surface area contributed by atoms with Gasteiger partial charge in [-0.25, -0.2) is 8.42 Å². The van der Waals surface area contributed by atoms with E-state index in [2.05, 4.69) is 37.9 Å². The Kier molecular flexibility index (Phi) is 16.0. The van der Waals surface area contributed by atoms with Crippen LogP contribution in [-0.2, 0) is 21.3 Å². The third-order valence-corrected chi connectivity index (χ3v) is 9.99. The summed E-state index contributed by atoms with van der Waals surface area (Å²) in [4.78, 5) is 12.8. The standard InChI is InChI=1S/C32H53N5O6S/c1-6-10-12-25(8-3)22-36(23-26(9-4)13-11-7-2)44(41,42)28-16-14-27(15-17-28)34-35-30-24(5)29(33)31(39)37(32(30)40)18-20-43-21-19-38/h14-17,25-26,38,40H,6-13,18-23,33H2,1-5H3/b35-34+. The van der Waals surface area contributed by atoms with Crippen molar-refractivity contribution in [3.8, 4) is 5.88 Å². The van der Waals surface area contributed by atoms with E-state index in [-0.39, 0.29) is 48.2 Å². The molecule has 0 aliphatic heterocycles. The zero-order valence-electron chi connectivity index (χ0n) is 27.2. The molecule has 0 amide bonds. The van der Waals surface area contributed by atoms with Gasteiger partial charge in [0.25, 0.3) is 5.56 Å². The molecule has 0 saturated heterocycles. The van der Waals surface area contributed by atoms with Gasteiger partial charge in [0.1, 0.15) is 5.69 Å². The molecule has 0 bridgehead atoms. The van der Waals surface area contributed by atoms with Gasteiger partial charge >= 0.3 is 0 Å². The molecule has 0 saturated carbocycles. The zero-order valence-corrected chi connectivity index (χ0v) is 28.0. The molecule has 44 heavy (non-hydrogen) atoms. The first-order valence-corrected chi connectivity index (χ1v) is 17.4. The first-order chi connectivity index (χ1) is 21.0. The SMILES string of the molecule is CCCCC(CC)CN(CC(CC)CCCC)S(=O)(=O)c1ccc(/N=N/c2c(C)c(N)c(=O)n(CCOCCO)c2O)cc1. The lowest BCUT2D eigenvalue weighted by atomic mass is 9.97. The van der Waals surface area contributed by atoms with Crippen molar-refractivity contribution >= 4 is 27.1 Å². The average Bonchev–Trinajstić information content (AvgIpc) is 3.02. The van der Waals surface area contributed by atoms with Gasteiger partial charge in [-0.3, -0.25) is 9.36 Å². The third kappa shape index (κ3) is 10.4. The van der Waals surface area contributed by atoms with Crippen LogP contribution in [0.3, 0.4) is 0 Å². The maximum atomic E-state index is 14.0. The molecular weight excluding hydrogens is 582 g/mol. The average molecular weight is 636 g/mol. The highest BCUT2D eigenvalue weighted by Gasteiger charge is 2.29. The number of unbranched alkanes of at least 4 members (excludes halogenated alkanes) is 2. The quantitative estimate of drug-likeness (QED) is 0.107. The summed E-state index contributed by atoms with van der Waals surface area (Å²) < 4.78 is 35.9. The van der Waals surface area contributed by atoms with E-state index in [9.17, 15) is 18.3 Å². The highest BCUT2D eigenvalue weighted by atomic mass is 32.2. The van der Waals surface area contributed by atoms with Gasteiger partial charge in [0.15, 0.2) is 5.69 Å². The second-order valence-corrected chi connectivity index (χ2v) is 13.3. The summed E-state index contributed by atoms with van der Waals surface area (Å²) >= 11 is 0. The Morgan fingerprint density at radius 1 is 0.955 bits per heavy atom. The molecule has 2 atom stereocenters. The molecule has 0 spiro atoms. The maximum Gasteiger partial charge on any atom is 0.276 e. The number of azo groups is 1. The lowest BCUT2D eigenvalue weighted by molar-refractivity contribution is 0.0854. The number of pyridine rings is 1. The van der Waals surface area contributed by atoms with Gasteiger partial charge in [0, 0.05) is 18.7 Å². The van der Waals surface area contributed by atoms with E-state index in [1.54, 1.807) is 23.4 Å². The summed E-state index contributed by atoms with van der Waals surface area (Å²) in [5.74, 6) is 0.193. The number of benzene rings is 1. The number of nitrogens with two attached hydrogens (primary N) is 1. The van der Waals surface area contributed by atoms with Crippen LogP contribution in [0.5, 0.6) is 5.88 Å². The van der Waals surface area contributed by atoms with E-state index in [0.717, 1.165) is 55.9 Å². The number of sulfonamides is 1. The number of nitrogens with zero attached hydrogens (tertiary/aromatic N) is 4. The van der Waals surface area contributed by atoms with Crippen molar-refractivity contribution in [2.45, 2.75) is 97.4 Å². The number of hydrogen-bond donors (Lipinski definition) is 3. The summed E-state index contributed by atoms with van der Waals surface area (Å²) in [5, 5.41) is 28.0. The van der Waals surface area contributed by atoms with Crippen molar-refractivity contribution in [1.82, 2.24) is 8.87 Å². The Bertz CT molecular complexity index is 1330. The third-order valence-electron chi connectivity index (χ3n) is 8.15. The summed E-state index contributed by atoms with van der Waals surface area (Å²) in [6.45, 7) is 11.2. The molecule has 0 fully saturated rings. The van der Waals surface area contributed by atoms with E-state index < -0.39 is 21.5 Å². The summed E-state index contributed by atoms with van der Waals surface area (Å²) in [5.41, 5.74) is 6.02. The fraction of sp³-hybridized carbons (Fsp3) is 0.656. The van der Waals surface area contributed by atoms with E-state index in [1.807, 2.05) is 0 Å². The first-order valence-electron chi connectivity index (χ1n) is 16.0. The highest BCUT2D eigenvalue weighted by molar-refractivity contribution is 7.89. The molecule has 12 heteroatoms. The predicted octanol–water partition coefficient (Wildman–Crippen LogP) is 6.29. The van der Waals surface area contributed by atoms with Crippen molar-refractivity contribution < 1.29 is 23.4 Å². The van der Waals surface area contributed by atoms with E-state index in [0.29, 0.717) is 30.6 Å². The minimum absolute atomic E-state index is 0.00931. The van der Waals surface area contributed by atoms with Crippen molar-refractivity contribution in [2.75, 3.05) is 38.6 Å². The van der Waals surface area contributed by atoms with Crippen LogP contribution < -0.4 is 11.3 Å². The normalized spacial score (nSPS) is 13.6. The fourth-order valence-corrected chi connectivity index (χ4v) is 6.69. The van der Waals surface area contributed by atoms with Crippen LogP contribution >= 0.6 is 0 Å². The Morgan fingerprint density at radius 2 is 1.52 bits per heavy atom. The number of aliphatic hydroxyl groups is 1. The number of nitrogen functional groups attached to an aromatic ring is 1. The number of rotatable bonds is 21. The summed E-state index contributed by atoms with van der Waals surface area (Å²) in [6, 6.07) is 6.23. The first kappa shape index (κ1) is 37.4. The Morgan fingerprint density at radius 3 is 2.02 bits per heavy atom. The molecule has 2 unspecified atom stereocenters. The van der Waals surface area contributed by atoms with Crippen molar-refractivity contribution in [2.24, 2.45) is 22.1 Å². The molecule has 1 heterocycles. The van der Waals surface area contributed by atoms with Crippen molar-refractivity contribution in [3.05, 3.63) is 40.2 Å². The van der Waals surface area contributed by atoms with E-state index in [4.69, 9.17) is 15.6 Å². The van der Waals surface area contributed by atoms with Crippen molar-refractivity contribution in [3.63, 3.8) is 0 Å². The molecule has 2 rings (SSSR count). The molecule has 11 nitrogen and oxygen atoms in total. The molecular formula is C32H53N5O6S. The second kappa shape index (κ2) is 18.9. The lowest BCUT2D eigenvalue weighted by Crippen LogP contribution is -2.39. The number of aliphatic hydroxyl groups excluding tert-OH is 1. The number of aromatic nitrogens is 1. The van der Waals surface area contributed by atoms with Gasteiger partial charge in [-0.15, -0.1) is 5.11 Å². The molecule has 2 aromatic rings. The Balaban J connectivity index is 2.36. The van der Waals surface area contributed by atoms with Gasteiger partial charge in [-0.05, 0) is 55.9 Å². The van der Waals surface area contributed by atoms with E-state index >= 15 is 0 Å². The van der Waals surface area contributed by atoms with Crippen LogP contribution in [0.4, 0.5) is 17.1 Å². The minimum atomic E-state index is -3.75. The molecule has 1 aromatic carbocycles. The molecule has 248 valence electrons. The molecule has 0 aliphatic carbocycles. The van der Waals surface area contributed by atoms with Gasteiger partial charge in [-0.1, -0.05) is 66.2 Å². The molecule has 1 aromatic heterocycles. The predicted molar refractivity (Wildman–Crippen MR) is 175 cm³/mol. The zero-order chi connectivity index (χ0) is 32.7. The van der Waals surface area contributed by atoms with Crippen LogP contribution in [0.1, 0.15) is 84.6 Å². The van der Waals surface area contributed by atoms with Crippen LogP contribution in [0, 0.1) is 18.8 Å². The lowest BCUT2D eigenvalue weighted by Gasteiger charge is -2.30. The minimum Gasteiger partial charge on any atom is -0.493 e. The smallest absolute Gasteiger partial charge is 0.276 e. The topological polar surface area (TPSA) is 160 Å². The summed E-state index contributed by atoms with van der Waals surface area (Å²) in [6.07, 6.45) is 8.18. The largest absolute Gasteiger partial charge is 0.493 e. The van der Waals surface area contributed by atoms with Gasteiger partial charge in [-0.2, -0.15) is 9.42 Å². The summed E-state index contributed by atoms with van der Waals surface area (Å²) in [7, 11) is -3.75. The van der Waals surface area contributed by atoms with Gasteiger partial charge < -0.3 is 20.7 Å². The Hall–Kier alpha value is -2.80. The number of anilines is 1. The van der Waals surface area contributed by atoms with E-state index in [1.165, 1.54) is 12.1 Å². The fourth-order valence-electron chi connectivity index (χ4n) is 5.10. The van der Waals surface area contributed by atoms with Gasteiger partial charge in [0.05, 0.1) is 36.9 Å². The number of aromatic hydroxyl groups is 1. The molecule has 0 aliphatic rings. The maximum absolute atomic E-state index is 14.0. The monoisotopic (exact) mass is 635 g/mol. The number of hydrogen-bond acceptors (Lipinski definition) is 9. The molecule has 4 N–H and O–H groups in total. The van der Waals surface area contributed by atoms with Crippen LogP contribution in [0.2, 0.25) is 0 Å². The Labute approximate surface area is 263 Å². The van der Waals surface area contributed by atoms with Crippen molar-refractivity contribution in [1.29, 1.82) is 0 Å². The highest BCUT2D eigenvalue weighted by Crippen LogP contribution is 2.33.